The fourth-order valence-electron chi connectivity index (χ4n) is 3.20. The summed E-state index contributed by atoms with van der Waals surface area (Å²) in [5, 5.41) is 14.0. The van der Waals surface area contributed by atoms with Crippen LogP contribution in [-0.2, 0) is 14.3 Å². The second-order valence-electron chi connectivity index (χ2n) is 6.32. The number of fused-ring (bicyclic) bond motifs is 2. The summed E-state index contributed by atoms with van der Waals surface area (Å²) < 4.78 is 5.69. The maximum atomic E-state index is 12.3. The average Bonchev–Trinajstić information content (AvgIpc) is 3.18. The molecule has 4 unspecified atom stereocenters. The number of benzene rings is 1. The first-order valence-electron chi connectivity index (χ1n) is 8.04. The minimum absolute atomic E-state index is 0.0255. The van der Waals surface area contributed by atoms with Gasteiger partial charge in [0.2, 0.25) is 5.91 Å². The first kappa shape index (κ1) is 16.4. The third kappa shape index (κ3) is 3.41. The summed E-state index contributed by atoms with van der Waals surface area (Å²) in [5.74, 6) is -1.73. The van der Waals surface area contributed by atoms with Crippen LogP contribution in [0.15, 0.2) is 24.3 Å². The molecule has 7 heteroatoms. The number of ether oxygens (including phenoxy) is 1. The van der Waals surface area contributed by atoms with Crippen molar-refractivity contribution < 1.29 is 24.2 Å². The Morgan fingerprint density at radius 3 is 2.46 bits per heavy atom. The molecule has 128 valence electrons. The second-order valence-corrected chi connectivity index (χ2v) is 6.32. The van der Waals surface area contributed by atoms with Crippen molar-refractivity contribution in [3.63, 3.8) is 0 Å². The lowest BCUT2D eigenvalue weighted by Crippen LogP contribution is -2.38. The van der Waals surface area contributed by atoms with Gasteiger partial charge in [0, 0.05) is 11.3 Å². The van der Waals surface area contributed by atoms with Crippen molar-refractivity contribution in [2.75, 3.05) is 5.32 Å². The summed E-state index contributed by atoms with van der Waals surface area (Å²) in [5.41, 5.74) is 0.940. The predicted octanol–water partition coefficient (Wildman–Crippen LogP) is 1.40. The largest absolute Gasteiger partial charge is 0.480 e. The van der Waals surface area contributed by atoms with Gasteiger partial charge < -0.3 is 20.5 Å². The van der Waals surface area contributed by atoms with Crippen molar-refractivity contribution in [2.24, 2.45) is 5.92 Å². The van der Waals surface area contributed by atoms with Crippen molar-refractivity contribution in [2.45, 2.75) is 44.4 Å². The van der Waals surface area contributed by atoms with Crippen LogP contribution >= 0.6 is 0 Å². The maximum Gasteiger partial charge on any atom is 0.325 e. The zero-order valence-electron chi connectivity index (χ0n) is 13.3. The number of carbonyl (C=O) groups is 3. The van der Waals surface area contributed by atoms with Crippen LogP contribution in [0, 0.1) is 5.92 Å². The van der Waals surface area contributed by atoms with E-state index in [1.807, 2.05) is 0 Å². The van der Waals surface area contributed by atoms with Gasteiger partial charge in [-0.05, 0) is 50.5 Å². The highest BCUT2D eigenvalue weighted by Crippen LogP contribution is 2.39. The van der Waals surface area contributed by atoms with E-state index in [2.05, 4.69) is 10.6 Å². The van der Waals surface area contributed by atoms with E-state index in [9.17, 15) is 14.4 Å². The molecule has 24 heavy (non-hydrogen) atoms. The summed E-state index contributed by atoms with van der Waals surface area (Å²) in [7, 11) is 0. The number of amides is 2. The number of aliphatic carboxylic acids is 1. The molecule has 4 atom stereocenters. The molecule has 7 nitrogen and oxygen atoms in total. The zero-order chi connectivity index (χ0) is 17.3. The van der Waals surface area contributed by atoms with Crippen LogP contribution in [0.2, 0.25) is 0 Å². The third-order valence-electron chi connectivity index (χ3n) is 4.58. The summed E-state index contributed by atoms with van der Waals surface area (Å²) in [6, 6.07) is 5.40. The van der Waals surface area contributed by atoms with Crippen molar-refractivity contribution >= 4 is 23.5 Å². The summed E-state index contributed by atoms with van der Waals surface area (Å²) in [6.07, 6.45) is 2.98. The van der Waals surface area contributed by atoms with Crippen LogP contribution in [-0.4, -0.2) is 41.1 Å². The highest BCUT2D eigenvalue weighted by molar-refractivity contribution is 5.98. The standard InChI is InChI=1S/C17H20N2O5/c1-9(17(22)23)18-15(20)10-2-4-11(5-3-10)19-16(21)13-8-12-6-7-14(13)24-12/h2-5,9,12-14H,6-8H2,1H3,(H,18,20)(H,19,21)(H,22,23). The van der Waals surface area contributed by atoms with Crippen molar-refractivity contribution in [3.05, 3.63) is 29.8 Å². The van der Waals surface area contributed by atoms with Crippen LogP contribution in [0.4, 0.5) is 5.69 Å². The predicted molar refractivity (Wildman–Crippen MR) is 85.6 cm³/mol. The van der Waals surface area contributed by atoms with Gasteiger partial charge in [0.15, 0.2) is 0 Å². The smallest absolute Gasteiger partial charge is 0.325 e. The highest BCUT2D eigenvalue weighted by atomic mass is 16.5. The van der Waals surface area contributed by atoms with E-state index in [1.165, 1.54) is 6.92 Å². The van der Waals surface area contributed by atoms with E-state index in [1.54, 1.807) is 24.3 Å². The Labute approximate surface area is 139 Å². The first-order valence-corrected chi connectivity index (χ1v) is 8.04. The molecule has 2 aliphatic rings. The van der Waals surface area contributed by atoms with Gasteiger partial charge in [-0.3, -0.25) is 14.4 Å². The third-order valence-corrected chi connectivity index (χ3v) is 4.58. The molecule has 3 N–H and O–H groups in total. The number of hydrogen-bond acceptors (Lipinski definition) is 4. The highest BCUT2D eigenvalue weighted by Gasteiger charge is 2.44. The minimum atomic E-state index is -1.10. The Morgan fingerprint density at radius 1 is 1.21 bits per heavy atom. The molecular formula is C17H20N2O5. The summed E-state index contributed by atoms with van der Waals surface area (Å²) in [6.45, 7) is 1.40. The molecule has 1 aromatic carbocycles. The normalized spacial score (nSPS) is 26.0. The van der Waals surface area contributed by atoms with Crippen LogP contribution in [0.5, 0.6) is 0 Å². The van der Waals surface area contributed by atoms with Crippen LogP contribution in [0.1, 0.15) is 36.5 Å². The van der Waals surface area contributed by atoms with E-state index in [4.69, 9.17) is 9.84 Å². The lowest BCUT2D eigenvalue weighted by molar-refractivity contribution is -0.138. The maximum absolute atomic E-state index is 12.3. The Hall–Kier alpha value is -2.41. The molecule has 2 aliphatic heterocycles. The Kier molecular flexibility index (Phi) is 4.53. The number of rotatable bonds is 5. The molecule has 2 saturated heterocycles. The molecule has 0 spiro atoms. The Bertz CT molecular complexity index is 657. The molecule has 1 aromatic rings. The van der Waals surface area contributed by atoms with Crippen molar-refractivity contribution in [1.82, 2.24) is 5.32 Å². The number of anilines is 1. The molecule has 0 saturated carbocycles. The van der Waals surface area contributed by atoms with Gasteiger partial charge in [-0.25, -0.2) is 0 Å². The molecular weight excluding hydrogens is 312 g/mol. The molecule has 0 radical (unpaired) electrons. The molecule has 0 aliphatic carbocycles. The molecule has 2 bridgehead atoms. The van der Waals surface area contributed by atoms with Crippen LogP contribution in [0.25, 0.3) is 0 Å². The van der Waals surface area contributed by atoms with Gasteiger partial charge >= 0.3 is 5.97 Å². The van der Waals surface area contributed by atoms with Gasteiger partial charge in [-0.1, -0.05) is 0 Å². The van der Waals surface area contributed by atoms with Gasteiger partial charge in [-0.15, -0.1) is 0 Å². The van der Waals surface area contributed by atoms with Crippen LogP contribution in [0.3, 0.4) is 0 Å². The zero-order valence-corrected chi connectivity index (χ0v) is 13.3. The summed E-state index contributed by atoms with van der Waals surface area (Å²) in [4.78, 5) is 35.0. The van der Waals surface area contributed by atoms with E-state index in [0.717, 1.165) is 19.3 Å². The van der Waals surface area contributed by atoms with E-state index < -0.39 is 17.9 Å². The molecule has 2 fully saturated rings. The van der Waals surface area contributed by atoms with E-state index >= 15 is 0 Å². The minimum Gasteiger partial charge on any atom is -0.480 e. The van der Waals surface area contributed by atoms with Gasteiger partial charge in [0.05, 0.1) is 18.1 Å². The fraction of sp³-hybridized carbons (Fsp3) is 0.471. The fourth-order valence-corrected chi connectivity index (χ4v) is 3.20. The number of carboxylic acids is 1. The Morgan fingerprint density at radius 2 is 1.92 bits per heavy atom. The average molecular weight is 332 g/mol. The quantitative estimate of drug-likeness (QED) is 0.756. The number of nitrogens with one attached hydrogen (secondary N) is 2. The van der Waals surface area contributed by atoms with Gasteiger partial charge in [0.25, 0.3) is 5.91 Å². The number of carboxylic acid groups (broad SMARTS) is 1. The molecule has 2 heterocycles. The first-order chi connectivity index (χ1) is 11.4. The molecule has 2 amide bonds. The van der Waals surface area contributed by atoms with Gasteiger partial charge in [0.1, 0.15) is 6.04 Å². The second kappa shape index (κ2) is 6.60. The molecule has 3 rings (SSSR count). The lowest BCUT2D eigenvalue weighted by atomic mass is 9.88. The topological polar surface area (TPSA) is 105 Å². The van der Waals surface area contributed by atoms with Crippen molar-refractivity contribution in [1.29, 1.82) is 0 Å². The van der Waals surface area contributed by atoms with E-state index in [-0.39, 0.29) is 24.0 Å². The Balaban J connectivity index is 1.57. The number of hydrogen-bond donors (Lipinski definition) is 3. The summed E-state index contributed by atoms with van der Waals surface area (Å²) >= 11 is 0. The van der Waals surface area contributed by atoms with Crippen LogP contribution < -0.4 is 10.6 Å². The van der Waals surface area contributed by atoms with E-state index in [0.29, 0.717) is 11.3 Å². The SMILES string of the molecule is CC(NC(=O)c1ccc(NC(=O)C2CC3CCC2O3)cc1)C(=O)O. The lowest BCUT2D eigenvalue weighted by Gasteiger charge is -2.18. The monoisotopic (exact) mass is 332 g/mol. The molecule has 0 aromatic heterocycles. The number of carbonyl (C=O) groups excluding carboxylic acids is 2. The van der Waals surface area contributed by atoms with Gasteiger partial charge in [-0.2, -0.15) is 0 Å². The van der Waals surface area contributed by atoms with Crippen molar-refractivity contribution in [3.8, 4) is 0 Å².